The third kappa shape index (κ3) is 4.90. The van der Waals surface area contributed by atoms with E-state index in [1.165, 1.54) is 37.9 Å². The van der Waals surface area contributed by atoms with Gasteiger partial charge in [0.05, 0.1) is 12.0 Å². The van der Waals surface area contributed by atoms with Crippen molar-refractivity contribution in [2.45, 2.75) is 44.6 Å². The maximum absolute atomic E-state index is 9.10. The van der Waals surface area contributed by atoms with Gasteiger partial charge in [-0.3, -0.25) is 0 Å². The molecule has 0 heterocycles. The summed E-state index contributed by atoms with van der Waals surface area (Å²) in [6, 6.07) is 2.92. The Hall–Kier alpha value is -0.200. The van der Waals surface area contributed by atoms with Crippen LogP contribution in [-0.2, 0) is 0 Å². The van der Waals surface area contributed by atoms with Crippen molar-refractivity contribution < 1.29 is 0 Å². The average Bonchev–Trinajstić information content (AvgIpc) is 2.49. The predicted molar refractivity (Wildman–Crippen MR) is 67.0 cm³/mol. The van der Waals surface area contributed by atoms with E-state index in [0.717, 1.165) is 13.0 Å². The maximum atomic E-state index is 9.10. The molecule has 0 aromatic heterocycles. The third-order valence-electron chi connectivity index (χ3n) is 3.11. The highest BCUT2D eigenvalue weighted by atomic mass is 32.2. The molecular weight excluding hydrogens is 204 g/mol. The number of nitrogens with one attached hydrogen (secondary N) is 1. The van der Waals surface area contributed by atoms with Crippen molar-refractivity contribution in [1.82, 2.24) is 5.32 Å². The lowest BCUT2D eigenvalue weighted by atomic mass is 9.96. The summed E-state index contributed by atoms with van der Waals surface area (Å²) in [5, 5.41) is 12.7. The van der Waals surface area contributed by atoms with Crippen LogP contribution in [0.2, 0.25) is 0 Å². The fourth-order valence-corrected chi connectivity index (χ4v) is 2.64. The van der Waals surface area contributed by atoms with Gasteiger partial charge in [0.25, 0.3) is 0 Å². The Bertz CT molecular complexity index is 200. The first-order chi connectivity index (χ1) is 7.38. The van der Waals surface area contributed by atoms with Gasteiger partial charge in [0.2, 0.25) is 0 Å². The van der Waals surface area contributed by atoms with Crippen molar-refractivity contribution in [2.75, 3.05) is 18.6 Å². The molecule has 0 aromatic carbocycles. The number of nitriles is 1. The summed E-state index contributed by atoms with van der Waals surface area (Å²) in [4.78, 5) is 0. The monoisotopic (exact) mass is 226 g/mol. The minimum absolute atomic E-state index is 0.252. The van der Waals surface area contributed by atoms with Crippen LogP contribution in [0.1, 0.15) is 38.5 Å². The van der Waals surface area contributed by atoms with Crippen LogP contribution in [0, 0.1) is 17.2 Å². The highest BCUT2D eigenvalue weighted by Crippen LogP contribution is 2.22. The lowest BCUT2D eigenvalue weighted by molar-refractivity contribution is 0.396. The van der Waals surface area contributed by atoms with E-state index >= 15 is 0 Å². The molecule has 0 radical (unpaired) electrons. The SMILES string of the molecule is CSCCCNC1CCCCCC1C#N. The van der Waals surface area contributed by atoms with Crippen LogP contribution >= 0.6 is 11.8 Å². The molecule has 15 heavy (non-hydrogen) atoms. The van der Waals surface area contributed by atoms with E-state index in [1.54, 1.807) is 0 Å². The van der Waals surface area contributed by atoms with Gasteiger partial charge >= 0.3 is 0 Å². The van der Waals surface area contributed by atoms with Crippen molar-refractivity contribution in [3.05, 3.63) is 0 Å². The van der Waals surface area contributed by atoms with Crippen LogP contribution in [0.4, 0.5) is 0 Å². The smallest absolute Gasteiger partial charge is 0.0672 e. The second-order valence-electron chi connectivity index (χ2n) is 4.28. The Kier molecular flexibility index (Phi) is 6.87. The zero-order chi connectivity index (χ0) is 10.9. The summed E-state index contributed by atoms with van der Waals surface area (Å²) in [7, 11) is 0. The number of thioether (sulfide) groups is 1. The van der Waals surface area contributed by atoms with Crippen LogP contribution in [0.15, 0.2) is 0 Å². The molecule has 1 N–H and O–H groups in total. The first kappa shape index (κ1) is 12.9. The zero-order valence-corrected chi connectivity index (χ0v) is 10.5. The first-order valence-corrected chi connectivity index (χ1v) is 7.40. The van der Waals surface area contributed by atoms with Gasteiger partial charge in [-0.05, 0) is 37.8 Å². The van der Waals surface area contributed by atoms with E-state index in [9.17, 15) is 0 Å². The first-order valence-electron chi connectivity index (χ1n) is 6.00. The van der Waals surface area contributed by atoms with Gasteiger partial charge in [0.1, 0.15) is 0 Å². The van der Waals surface area contributed by atoms with Crippen LogP contribution in [0.3, 0.4) is 0 Å². The van der Waals surface area contributed by atoms with Gasteiger partial charge in [-0.1, -0.05) is 19.3 Å². The highest BCUT2D eigenvalue weighted by Gasteiger charge is 2.22. The summed E-state index contributed by atoms with van der Waals surface area (Å²) >= 11 is 1.89. The van der Waals surface area contributed by atoms with Crippen LogP contribution in [0.25, 0.3) is 0 Å². The molecule has 3 heteroatoms. The molecule has 0 amide bonds. The van der Waals surface area contributed by atoms with E-state index in [4.69, 9.17) is 5.26 Å². The normalized spacial score (nSPS) is 26.9. The molecule has 2 nitrogen and oxygen atoms in total. The predicted octanol–water partition coefficient (Wildman–Crippen LogP) is 2.80. The van der Waals surface area contributed by atoms with Crippen LogP contribution < -0.4 is 5.32 Å². The summed E-state index contributed by atoms with van der Waals surface area (Å²) < 4.78 is 0. The second kappa shape index (κ2) is 8.01. The van der Waals surface area contributed by atoms with E-state index in [0.29, 0.717) is 6.04 Å². The molecule has 0 bridgehead atoms. The quantitative estimate of drug-likeness (QED) is 0.578. The Morgan fingerprint density at radius 2 is 2.13 bits per heavy atom. The lowest BCUT2D eigenvalue weighted by Gasteiger charge is -2.20. The molecule has 1 fully saturated rings. The Morgan fingerprint density at radius 3 is 2.87 bits per heavy atom. The minimum atomic E-state index is 0.252. The standard InChI is InChI=1S/C12H22N2S/c1-15-9-5-8-14-12-7-4-2-3-6-11(12)10-13/h11-12,14H,2-9H2,1H3. The van der Waals surface area contributed by atoms with Gasteiger partial charge in [-0.15, -0.1) is 0 Å². The van der Waals surface area contributed by atoms with Gasteiger partial charge in [0, 0.05) is 6.04 Å². The molecule has 2 atom stereocenters. The number of rotatable bonds is 5. The average molecular weight is 226 g/mol. The highest BCUT2D eigenvalue weighted by molar-refractivity contribution is 7.98. The third-order valence-corrected chi connectivity index (χ3v) is 3.81. The van der Waals surface area contributed by atoms with E-state index in [-0.39, 0.29) is 5.92 Å². The van der Waals surface area contributed by atoms with Crippen LogP contribution in [-0.4, -0.2) is 24.6 Å². The van der Waals surface area contributed by atoms with E-state index in [2.05, 4.69) is 17.6 Å². The largest absolute Gasteiger partial charge is 0.313 e. The molecule has 0 aliphatic heterocycles. The minimum Gasteiger partial charge on any atom is -0.313 e. The fraction of sp³-hybridized carbons (Fsp3) is 0.917. The molecule has 1 aliphatic rings. The molecule has 0 saturated heterocycles. The molecular formula is C12H22N2S. The number of nitrogens with zero attached hydrogens (tertiary/aromatic N) is 1. The van der Waals surface area contributed by atoms with E-state index in [1.807, 2.05) is 11.8 Å². The second-order valence-corrected chi connectivity index (χ2v) is 5.27. The maximum Gasteiger partial charge on any atom is 0.0672 e. The Labute approximate surface area is 97.8 Å². The summed E-state index contributed by atoms with van der Waals surface area (Å²) in [5.74, 6) is 1.47. The van der Waals surface area contributed by atoms with Crippen molar-refractivity contribution >= 4 is 11.8 Å². The van der Waals surface area contributed by atoms with Crippen LogP contribution in [0.5, 0.6) is 0 Å². The lowest BCUT2D eigenvalue weighted by Crippen LogP contribution is -2.35. The topological polar surface area (TPSA) is 35.8 Å². The zero-order valence-electron chi connectivity index (χ0n) is 9.67. The molecule has 86 valence electrons. The summed E-state index contributed by atoms with van der Waals surface area (Å²) in [5.41, 5.74) is 0. The number of hydrogen-bond acceptors (Lipinski definition) is 3. The van der Waals surface area contributed by atoms with Gasteiger partial charge in [0.15, 0.2) is 0 Å². The molecule has 0 spiro atoms. The summed E-state index contributed by atoms with van der Waals surface area (Å²) in [6.07, 6.45) is 9.48. The van der Waals surface area contributed by atoms with Crippen molar-refractivity contribution in [3.63, 3.8) is 0 Å². The van der Waals surface area contributed by atoms with Gasteiger partial charge < -0.3 is 5.32 Å². The van der Waals surface area contributed by atoms with Gasteiger partial charge in [-0.25, -0.2) is 0 Å². The summed E-state index contributed by atoms with van der Waals surface area (Å²) in [6.45, 7) is 1.07. The molecule has 1 saturated carbocycles. The van der Waals surface area contributed by atoms with Crippen molar-refractivity contribution in [2.24, 2.45) is 5.92 Å². The van der Waals surface area contributed by atoms with Crippen molar-refractivity contribution in [3.8, 4) is 6.07 Å². The molecule has 2 unspecified atom stereocenters. The molecule has 1 rings (SSSR count). The Balaban J connectivity index is 2.26. The van der Waals surface area contributed by atoms with E-state index < -0.39 is 0 Å². The van der Waals surface area contributed by atoms with Crippen molar-refractivity contribution in [1.29, 1.82) is 5.26 Å². The Morgan fingerprint density at radius 1 is 1.33 bits per heavy atom. The fourth-order valence-electron chi connectivity index (χ4n) is 2.21. The van der Waals surface area contributed by atoms with Gasteiger partial charge in [-0.2, -0.15) is 17.0 Å². The molecule has 1 aliphatic carbocycles. The molecule has 0 aromatic rings. The number of hydrogen-bond donors (Lipinski definition) is 1.